The fraction of sp³-hybridized carbons (Fsp3) is 0.400. The minimum atomic E-state index is -0.124. The zero-order valence-corrected chi connectivity index (χ0v) is 8.40. The maximum atomic E-state index is 10.8. The third-order valence-corrected chi connectivity index (χ3v) is 1.33. The van der Waals surface area contributed by atoms with Gasteiger partial charge in [-0.1, -0.05) is 6.07 Å². The molecule has 0 fully saturated rings. The standard InChI is InChI=1S/C8H9NO2.C2H6O/c1-6(11)8-4-2-3-7(5-10)9-8;1-2-3/h2-4,10H,5H2,1H3;3H,2H2,1H3. The van der Waals surface area contributed by atoms with Crippen molar-refractivity contribution in [3.63, 3.8) is 0 Å². The van der Waals surface area contributed by atoms with E-state index >= 15 is 0 Å². The first-order valence-electron chi connectivity index (χ1n) is 4.34. The Labute approximate surface area is 83.2 Å². The van der Waals surface area contributed by atoms with Gasteiger partial charge in [0, 0.05) is 13.5 Å². The van der Waals surface area contributed by atoms with Gasteiger partial charge in [0.2, 0.25) is 0 Å². The highest BCUT2D eigenvalue weighted by molar-refractivity contribution is 5.92. The van der Waals surface area contributed by atoms with E-state index in [1.165, 1.54) is 6.92 Å². The lowest BCUT2D eigenvalue weighted by Crippen LogP contribution is -1.99. The van der Waals surface area contributed by atoms with Crippen LogP contribution in [0.1, 0.15) is 30.0 Å². The summed E-state index contributed by atoms with van der Waals surface area (Å²) >= 11 is 0. The first-order chi connectivity index (χ1) is 6.65. The van der Waals surface area contributed by atoms with Crippen LogP contribution in [0.15, 0.2) is 18.2 Å². The molecule has 14 heavy (non-hydrogen) atoms. The molecule has 0 aliphatic carbocycles. The van der Waals surface area contributed by atoms with Gasteiger partial charge in [0.1, 0.15) is 5.69 Å². The predicted octanol–water partition coefficient (Wildman–Crippen LogP) is 0.775. The Bertz CT molecular complexity index is 286. The van der Waals surface area contributed by atoms with E-state index in [4.69, 9.17) is 10.2 Å². The van der Waals surface area contributed by atoms with Crippen LogP contribution in [0.5, 0.6) is 0 Å². The normalized spacial score (nSPS) is 8.86. The summed E-state index contributed by atoms with van der Waals surface area (Å²) in [7, 11) is 0. The summed E-state index contributed by atoms with van der Waals surface area (Å²) in [5, 5.41) is 16.2. The SMILES string of the molecule is CC(=O)c1cccc(CO)n1.CCO. The Morgan fingerprint density at radius 2 is 2.00 bits per heavy atom. The molecule has 4 nitrogen and oxygen atoms in total. The molecule has 0 saturated carbocycles. The second kappa shape index (κ2) is 7.17. The Balaban J connectivity index is 0.000000500. The highest BCUT2D eigenvalue weighted by Crippen LogP contribution is 1.99. The van der Waals surface area contributed by atoms with Crippen LogP contribution in [0.25, 0.3) is 0 Å². The van der Waals surface area contributed by atoms with Crippen LogP contribution in [0.2, 0.25) is 0 Å². The number of pyridine rings is 1. The molecule has 0 amide bonds. The van der Waals surface area contributed by atoms with Crippen LogP contribution < -0.4 is 0 Å². The molecule has 1 aromatic rings. The summed E-state index contributed by atoms with van der Waals surface area (Å²) < 4.78 is 0. The molecule has 0 aromatic carbocycles. The quantitative estimate of drug-likeness (QED) is 0.687. The predicted molar refractivity (Wildman–Crippen MR) is 52.9 cm³/mol. The molecule has 0 atom stereocenters. The summed E-state index contributed by atoms with van der Waals surface area (Å²) in [6.07, 6.45) is 0. The number of carbonyl (C=O) groups is 1. The van der Waals surface area contributed by atoms with Crippen molar-refractivity contribution in [1.82, 2.24) is 4.98 Å². The monoisotopic (exact) mass is 197 g/mol. The maximum absolute atomic E-state index is 10.8. The van der Waals surface area contributed by atoms with Gasteiger partial charge in [0.05, 0.1) is 12.3 Å². The van der Waals surface area contributed by atoms with Crippen LogP contribution in [0.4, 0.5) is 0 Å². The number of aliphatic hydroxyl groups is 2. The highest BCUT2D eigenvalue weighted by atomic mass is 16.3. The number of aliphatic hydroxyl groups excluding tert-OH is 2. The number of rotatable bonds is 2. The molecule has 4 heteroatoms. The molecule has 0 aliphatic heterocycles. The van der Waals surface area contributed by atoms with Crippen LogP contribution in [0.3, 0.4) is 0 Å². The molecular weight excluding hydrogens is 182 g/mol. The Kier molecular flexibility index (Phi) is 6.53. The van der Waals surface area contributed by atoms with Gasteiger partial charge in [0.25, 0.3) is 0 Å². The van der Waals surface area contributed by atoms with Crippen LogP contribution in [-0.2, 0) is 6.61 Å². The molecular formula is C10H15NO3. The lowest BCUT2D eigenvalue weighted by Gasteiger charge is -1.96. The molecule has 1 heterocycles. The van der Waals surface area contributed by atoms with E-state index in [1.807, 2.05) is 0 Å². The van der Waals surface area contributed by atoms with Gasteiger partial charge in [-0.15, -0.1) is 0 Å². The zero-order chi connectivity index (χ0) is 11.0. The molecule has 0 aliphatic rings. The number of Topliss-reactive ketones (excluding diaryl/α,β-unsaturated/α-hetero) is 1. The summed E-state index contributed by atoms with van der Waals surface area (Å²) in [6, 6.07) is 5.00. The summed E-state index contributed by atoms with van der Waals surface area (Å²) in [5.41, 5.74) is 0.925. The summed E-state index contributed by atoms with van der Waals surface area (Å²) in [5.74, 6) is -0.0831. The van der Waals surface area contributed by atoms with E-state index in [-0.39, 0.29) is 19.0 Å². The molecule has 1 rings (SSSR count). The van der Waals surface area contributed by atoms with Gasteiger partial charge < -0.3 is 10.2 Å². The van der Waals surface area contributed by atoms with Gasteiger partial charge in [-0.2, -0.15) is 0 Å². The number of hydrogen-bond donors (Lipinski definition) is 2. The van der Waals surface area contributed by atoms with Crippen molar-refractivity contribution in [2.75, 3.05) is 6.61 Å². The molecule has 0 spiro atoms. The number of nitrogens with zero attached hydrogens (tertiary/aromatic N) is 1. The number of ketones is 1. The molecule has 0 bridgehead atoms. The van der Waals surface area contributed by atoms with E-state index in [0.717, 1.165) is 0 Å². The first-order valence-corrected chi connectivity index (χ1v) is 4.34. The number of hydrogen-bond acceptors (Lipinski definition) is 4. The van der Waals surface area contributed by atoms with Gasteiger partial charge in [0.15, 0.2) is 5.78 Å². The lowest BCUT2D eigenvalue weighted by molar-refractivity contribution is 0.101. The number of carbonyl (C=O) groups excluding carboxylic acids is 1. The number of aromatic nitrogens is 1. The molecule has 0 radical (unpaired) electrons. The minimum Gasteiger partial charge on any atom is -0.397 e. The second-order valence-corrected chi connectivity index (χ2v) is 2.54. The van der Waals surface area contributed by atoms with Crippen molar-refractivity contribution in [1.29, 1.82) is 0 Å². The maximum Gasteiger partial charge on any atom is 0.178 e. The fourth-order valence-electron chi connectivity index (χ4n) is 0.764. The van der Waals surface area contributed by atoms with Gasteiger partial charge in [-0.25, -0.2) is 4.98 Å². The highest BCUT2D eigenvalue weighted by Gasteiger charge is 2.00. The van der Waals surface area contributed by atoms with E-state index in [1.54, 1.807) is 25.1 Å². The third-order valence-electron chi connectivity index (χ3n) is 1.33. The van der Waals surface area contributed by atoms with E-state index in [0.29, 0.717) is 11.4 Å². The molecule has 0 saturated heterocycles. The summed E-state index contributed by atoms with van der Waals surface area (Å²) in [6.45, 7) is 3.25. The zero-order valence-electron chi connectivity index (χ0n) is 8.40. The lowest BCUT2D eigenvalue weighted by atomic mass is 10.2. The van der Waals surface area contributed by atoms with E-state index in [2.05, 4.69) is 4.98 Å². The molecule has 78 valence electrons. The second-order valence-electron chi connectivity index (χ2n) is 2.54. The summed E-state index contributed by atoms with van der Waals surface area (Å²) in [4.78, 5) is 14.7. The van der Waals surface area contributed by atoms with E-state index in [9.17, 15) is 4.79 Å². The van der Waals surface area contributed by atoms with Crippen molar-refractivity contribution >= 4 is 5.78 Å². The Hall–Kier alpha value is -1.26. The molecule has 0 unspecified atom stereocenters. The molecule has 1 aromatic heterocycles. The van der Waals surface area contributed by atoms with Crippen molar-refractivity contribution in [2.45, 2.75) is 20.5 Å². The third kappa shape index (κ3) is 4.69. The average Bonchev–Trinajstić information content (AvgIpc) is 2.19. The molecule has 2 N–H and O–H groups in total. The topological polar surface area (TPSA) is 70.4 Å². The Morgan fingerprint density at radius 1 is 1.43 bits per heavy atom. The van der Waals surface area contributed by atoms with Crippen molar-refractivity contribution in [2.24, 2.45) is 0 Å². The van der Waals surface area contributed by atoms with Crippen LogP contribution in [-0.4, -0.2) is 27.6 Å². The Morgan fingerprint density at radius 3 is 2.43 bits per heavy atom. The van der Waals surface area contributed by atoms with Crippen molar-refractivity contribution < 1.29 is 15.0 Å². The van der Waals surface area contributed by atoms with Crippen molar-refractivity contribution in [3.8, 4) is 0 Å². The largest absolute Gasteiger partial charge is 0.397 e. The van der Waals surface area contributed by atoms with Gasteiger partial charge >= 0.3 is 0 Å². The first kappa shape index (κ1) is 12.7. The van der Waals surface area contributed by atoms with E-state index < -0.39 is 0 Å². The van der Waals surface area contributed by atoms with Gasteiger partial charge in [-0.3, -0.25) is 4.79 Å². The van der Waals surface area contributed by atoms with Gasteiger partial charge in [-0.05, 0) is 19.1 Å². The fourth-order valence-corrected chi connectivity index (χ4v) is 0.764. The average molecular weight is 197 g/mol. The van der Waals surface area contributed by atoms with Crippen LogP contribution in [0, 0.1) is 0 Å². The minimum absolute atomic E-state index is 0.0831. The van der Waals surface area contributed by atoms with Crippen molar-refractivity contribution in [3.05, 3.63) is 29.6 Å². The van der Waals surface area contributed by atoms with Crippen LogP contribution >= 0.6 is 0 Å². The smallest absolute Gasteiger partial charge is 0.178 e.